The van der Waals surface area contributed by atoms with Crippen molar-refractivity contribution < 1.29 is 9.94 Å². The summed E-state index contributed by atoms with van der Waals surface area (Å²) in [5.74, 6) is 0.151. The Morgan fingerprint density at radius 3 is 2.80 bits per heavy atom. The van der Waals surface area contributed by atoms with Crippen LogP contribution in [0.25, 0.3) is 0 Å². The Kier molecular flexibility index (Phi) is 4.98. The van der Waals surface area contributed by atoms with Crippen molar-refractivity contribution >= 4 is 5.84 Å². The number of ether oxygens (including phenoxy) is 1. The van der Waals surface area contributed by atoms with Crippen LogP contribution in [0.2, 0.25) is 0 Å². The van der Waals surface area contributed by atoms with Gasteiger partial charge in [-0.05, 0) is 37.0 Å². The molecule has 0 radical (unpaired) electrons. The number of aryl methyl sites for hydroxylation is 1. The first-order valence-corrected chi connectivity index (χ1v) is 6.96. The van der Waals surface area contributed by atoms with Gasteiger partial charge in [0.15, 0.2) is 5.84 Å². The number of hydrogen-bond donors (Lipinski definition) is 2. The molecule has 2 rings (SSSR count). The molecule has 5 nitrogen and oxygen atoms in total. The minimum atomic E-state index is 0.151. The van der Waals surface area contributed by atoms with Crippen molar-refractivity contribution in [2.24, 2.45) is 10.9 Å². The SMILES string of the molecule is COCCN(Cc1ccc(/C(N)=N/O)cc1C)C1CC1. The quantitative estimate of drug-likeness (QED) is 0.344. The molecule has 0 spiro atoms. The van der Waals surface area contributed by atoms with E-state index in [4.69, 9.17) is 15.7 Å². The number of benzene rings is 1. The highest BCUT2D eigenvalue weighted by atomic mass is 16.5. The second kappa shape index (κ2) is 6.72. The fourth-order valence-electron chi connectivity index (χ4n) is 2.35. The fourth-order valence-corrected chi connectivity index (χ4v) is 2.35. The first-order valence-electron chi connectivity index (χ1n) is 6.96. The van der Waals surface area contributed by atoms with Gasteiger partial charge in [-0.25, -0.2) is 0 Å². The monoisotopic (exact) mass is 277 g/mol. The zero-order valence-corrected chi connectivity index (χ0v) is 12.2. The van der Waals surface area contributed by atoms with Crippen LogP contribution >= 0.6 is 0 Å². The summed E-state index contributed by atoms with van der Waals surface area (Å²) in [5.41, 5.74) is 8.81. The average Bonchev–Trinajstić information content (AvgIpc) is 3.28. The van der Waals surface area contributed by atoms with E-state index in [0.717, 1.165) is 30.8 Å². The number of rotatable bonds is 7. The van der Waals surface area contributed by atoms with Crippen LogP contribution in [0.1, 0.15) is 29.5 Å². The van der Waals surface area contributed by atoms with Gasteiger partial charge in [0.05, 0.1) is 6.61 Å². The summed E-state index contributed by atoms with van der Waals surface area (Å²) in [7, 11) is 1.74. The van der Waals surface area contributed by atoms with Crippen molar-refractivity contribution in [1.82, 2.24) is 4.90 Å². The third-order valence-corrected chi connectivity index (χ3v) is 3.77. The van der Waals surface area contributed by atoms with Crippen LogP contribution < -0.4 is 5.73 Å². The van der Waals surface area contributed by atoms with Crippen molar-refractivity contribution in [3.63, 3.8) is 0 Å². The van der Waals surface area contributed by atoms with E-state index in [2.05, 4.69) is 23.0 Å². The van der Waals surface area contributed by atoms with Crippen LogP contribution in [-0.2, 0) is 11.3 Å². The molecular formula is C15H23N3O2. The highest BCUT2D eigenvalue weighted by Crippen LogP contribution is 2.28. The summed E-state index contributed by atoms with van der Waals surface area (Å²) in [6.07, 6.45) is 2.57. The number of oxime groups is 1. The van der Waals surface area contributed by atoms with Gasteiger partial charge in [-0.3, -0.25) is 4.90 Å². The van der Waals surface area contributed by atoms with Crippen molar-refractivity contribution in [3.8, 4) is 0 Å². The lowest BCUT2D eigenvalue weighted by atomic mass is 10.0. The third-order valence-electron chi connectivity index (χ3n) is 3.77. The third kappa shape index (κ3) is 3.71. The van der Waals surface area contributed by atoms with Crippen molar-refractivity contribution in [1.29, 1.82) is 0 Å². The first kappa shape index (κ1) is 14.8. The van der Waals surface area contributed by atoms with E-state index in [-0.39, 0.29) is 5.84 Å². The highest BCUT2D eigenvalue weighted by Gasteiger charge is 2.28. The number of nitrogens with two attached hydrogens (primary N) is 1. The van der Waals surface area contributed by atoms with Gasteiger partial charge in [0, 0.05) is 31.8 Å². The summed E-state index contributed by atoms with van der Waals surface area (Å²) in [5, 5.41) is 11.7. The fraction of sp³-hybridized carbons (Fsp3) is 0.533. The predicted octanol–water partition coefficient (Wildman–Crippen LogP) is 1.70. The molecule has 0 atom stereocenters. The van der Waals surface area contributed by atoms with E-state index in [9.17, 15) is 0 Å². The average molecular weight is 277 g/mol. The molecule has 3 N–H and O–H groups in total. The molecule has 0 unspecified atom stereocenters. The molecule has 0 amide bonds. The molecule has 1 aromatic rings. The van der Waals surface area contributed by atoms with Gasteiger partial charge in [0.2, 0.25) is 0 Å². The zero-order valence-electron chi connectivity index (χ0n) is 12.2. The Morgan fingerprint density at radius 2 is 2.25 bits per heavy atom. The molecule has 20 heavy (non-hydrogen) atoms. The second-order valence-corrected chi connectivity index (χ2v) is 5.32. The molecule has 0 saturated heterocycles. The topological polar surface area (TPSA) is 71.1 Å². The first-order chi connectivity index (χ1) is 9.65. The van der Waals surface area contributed by atoms with E-state index >= 15 is 0 Å². The number of methoxy groups -OCH3 is 1. The molecular weight excluding hydrogens is 254 g/mol. The molecule has 1 aliphatic rings. The molecule has 0 aromatic heterocycles. The normalized spacial score (nSPS) is 15.8. The van der Waals surface area contributed by atoms with Crippen LogP contribution in [0.15, 0.2) is 23.4 Å². The highest BCUT2D eigenvalue weighted by molar-refractivity contribution is 5.97. The maximum absolute atomic E-state index is 8.71. The van der Waals surface area contributed by atoms with Gasteiger partial charge < -0.3 is 15.7 Å². The van der Waals surface area contributed by atoms with Crippen LogP contribution in [0.4, 0.5) is 0 Å². The molecule has 110 valence electrons. The van der Waals surface area contributed by atoms with E-state index < -0.39 is 0 Å². The van der Waals surface area contributed by atoms with Gasteiger partial charge in [-0.15, -0.1) is 0 Å². The number of amidine groups is 1. The molecule has 0 aliphatic heterocycles. The van der Waals surface area contributed by atoms with Crippen LogP contribution in [0.5, 0.6) is 0 Å². The van der Waals surface area contributed by atoms with Crippen LogP contribution in [-0.4, -0.2) is 42.2 Å². The van der Waals surface area contributed by atoms with Gasteiger partial charge in [-0.2, -0.15) is 0 Å². The Hall–Kier alpha value is -1.59. The maximum Gasteiger partial charge on any atom is 0.170 e. The molecule has 0 bridgehead atoms. The van der Waals surface area contributed by atoms with Crippen molar-refractivity contribution in [2.45, 2.75) is 32.4 Å². The lowest BCUT2D eigenvalue weighted by Crippen LogP contribution is -2.29. The van der Waals surface area contributed by atoms with E-state index in [1.54, 1.807) is 7.11 Å². The molecule has 0 heterocycles. The molecule has 1 saturated carbocycles. The molecule has 5 heteroatoms. The number of hydrogen-bond acceptors (Lipinski definition) is 4. The van der Waals surface area contributed by atoms with E-state index in [1.165, 1.54) is 18.4 Å². The van der Waals surface area contributed by atoms with Gasteiger partial charge in [-0.1, -0.05) is 17.3 Å². The standard InChI is InChI=1S/C15H23N3O2/c1-11-9-12(15(16)17-19)3-4-13(11)10-18(7-8-20-2)14-5-6-14/h3-4,9,14,19H,5-8,10H2,1-2H3,(H2,16,17). The Labute approximate surface area is 120 Å². The summed E-state index contributed by atoms with van der Waals surface area (Å²) < 4.78 is 5.18. The number of nitrogens with zero attached hydrogens (tertiary/aromatic N) is 2. The van der Waals surface area contributed by atoms with E-state index in [1.807, 2.05) is 12.1 Å². The lowest BCUT2D eigenvalue weighted by Gasteiger charge is -2.22. The Balaban J connectivity index is 2.07. The van der Waals surface area contributed by atoms with Crippen LogP contribution in [0, 0.1) is 6.92 Å². The van der Waals surface area contributed by atoms with Crippen LogP contribution in [0.3, 0.4) is 0 Å². The summed E-state index contributed by atoms with van der Waals surface area (Å²) in [6, 6.07) is 6.63. The summed E-state index contributed by atoms with van der Waals surface area (Å²) in [4.78, 5) is 2.47. The largest absolute Gasteiger partial charge is 0.409 e. The molecule has 1 aromatic carbocycles. The lowest BCUT2D eigenvalue weighted by molar-refractivity contribution is 0.139. The molecule has 1 aliphatic carbocycles. The smallest absolute Gasteiger partial charge is 0.170 e. The summed E-state index contributed by atoms with van der Waals surface area (Å²) in [6.45, 7) is 4.71. The minimum Gasteiger partial charge on any atom is -0.409 e. The molecule has 1 fully saturated rings. The van der Waals surface area contributed by atoms with Gasteiger partial charge in [0.1, 0.15) is 0 Å². The van der Waals surface area contributed by atoms with E-state index in [0.29, 0.717) is 6.04 Å². The summed E-state index contributed by atoms with van der Waals surface area (Å²) >= 11 is 0. The van der Waals surface area contributed by atoms with Gasteiger partial charge >= 0.3 is 0 Å². The second-order valence-electron chi connectivity index (χ2n) is 5.32. The predicted molar refractivity (Wildman–Crippen MR) is 79.0 cm³/mol. The Morgan fingerprint density at radius 1 is 1.50 bits per heavy atom. The minimum absolute atomic E-state index is 0.151. The van der Waals surface area contributed by atoms with Gasteiger partial charge in [0.25, 0.3) is 0 Å². The van der Waals surface area contributed by atoms with Crippen molar-refractivity contribution in [3.05, 3.63) is 34.9 Å². The maximum atomic E-state index is 8.71. The van der Waals surface area contributed by atoms with Crippen molar-refractivity contribution in [2.75, 3.05) is 20.3 Å². The Bertz CT molecular complexity index is 484. The zero-order chi connectivity index (χ0) is 14.5.